The van der Waals surface area contributed by atoms with Crippen molar-refractivity contribution in [3.63, 3.8) is 0 Å². The van der Waals surface area contributed by atoms with E-state index in [1.807, 2.05) is 0 Å². The predicted octanol–water partition coefficient (Wildman–Crippen LogP) is 2.77. The van der Waals surface area contributed by atoms with Gasteiger partial charge in [0.25, 0.3) is 10.0 Å². The quantitative estimate of drug-likeness (QED) is 0.944. The van der Waals surface area contributed by atoms with Crippen molar-refractivity contribution < 1.29 is 21.9 Å². The summed E-state index contributed by atoms with van der Waals surface area (Å²) in [5.41, 5.74) is -0.182. The number of sulfonamides is 1. The Labute approximate surface area is 115 Å². The van der Waals surface area contributed by atoms with Gasteiger partial charge in [0, 0.05) is 6.07 Å². The zero-order valence-electron chi connectivity index (χ0n) is 10.4. The third kappa shape index (κ3) is 3.24. The van der Waals surface area contributed by atoms with Gasteiger partial charge in [-0.05, 0) is 36.4 Å². The largest absolute Gasteiger partial charge is 0.497 e. The molecule has 0 aliphatic carbocycles. The zero-order chi connectivity index (χ0) is 14.8. The van der Waals surface area contributed by atoms with Crippen LogP contribution in [0, 0.1) is 11.6 Å². The van der Waals surface area contributed by atoms with E-state index < -0.39 is 21.7 Å². The number of benzene rings is 2. The van der Waals surface area contributed by atoms with Gasteiger partial charge in [0.05, 0.1) is 17.7 Å². The first kappa shape index (κ1) is 14.3. The summed E-state index contributed by atoms with van der Waals surface area (Å²) in [6, 6.07) is 8.05. The summed E-state index contributed by atoms with van der Waals surface area (Å²) in [6.07, 6.45) is 0. The molecule has 0 saturated carbocycles. The highest BCUT2D eigenvalue weighted by molar-refractivity contribution is 7.92. The minimum Gasteiger partial charge on any atom is -0.497 e. The molecule has 106 valence electrons. The average Bonchev–Trinajstić information content (AvgIpc) is 2.37. The second-order valence-electron chi connectivity index (χ2n) is 3.94. The van der Waals surface area contributed by atoms with Crippen LogP contribution in [-0.2, 0) is 10.0 Å². The summed E-state index contributed by atoms with van der Waals surface area (Å²) < 4.78 is 57.1. The van der Waals surface area contributed by atoms with Crippen LogP contribution in [0.25, 0.3) is 0 Å². The molecule has 2 aromatic rings. The molecule has 4 nitrogen and oxygen atoms in total. The molecule has 0 aliphatic rings. The van der Waals surface area contributed by atoms with Crippen LogP contribution in [0.15, 0.2) is 47.4 Å². The van der Waals surface area contributed by atoms with Crippen molar-refractivity contribution in [2.24, 2.45) is 0 Å². The Morgan fingerprint density at radius 2 is 1.55 bits per heavy atom. The third-order valence-corrected chi connectivity index (χ3v) is 3.88. The molecule has 7 heteroatoms. The second kappa shape index (κ2) is 5.46. The molecular weight excluding hydrogens is 288 g/mol. The van der Waals surface area contributed by atoms with Crippen molar-refractivity contribution >= 4 is 15.7 Å². The molecule has 0 bridgehead atoms. The molecule has 0 saturated heterocycles. The van der Waals surface area contributed by atoms with Crippen molar-refractivity contribution in [2.45, 2.75) is 4.90 Å². The number of ether oxygens (including phenoxy) is 1. The van der Waals surface area contributed by atoms with Crippen LogP contribution in [0.3, 0.4) is 0 Å². The smallest absolute Gasteiger partial charge is 0.261 e. The number of hydrogen-bond donors (Lipinski definition) is 1. The van der Waals surface area contributed by atoms with Crippen LogP contribution in [0.1, 0.15) is 0 Å². The van der Waals surface area contributed by atoms with E-state index >= 15 is 0 Å². The van der Waals surface area contributed by atoms with Gasteiger partial charge in [0.1, 0.15) is 17.4 Å². The first-order valence-electron chi connectivity index (χ1n) is 5.54. The second-order valence-corrected chi connectivity index (χ2v) is 5.62. The standard InChI is InChI=1S/C13H11F2NO3S/c1-19-12-2-4-13(5-3-12)20(17,18)16-11-7-9(14)6-10(15)8-11/h2-8,16H,1H3. The number of anilines is 1. The lowest BCUT2D eigenvalue weighted by atomic mass is 10.3. The minimum atomic E-state index is -3.91. The Morgan fingerprint density at radius 1 is 1.00 bits per heavy atom. The summed E-state index contributed by atoms with van der Waals surface area (Å²) in [7, 11) is -2.46. The lowest BCUT2D eigenvalue weighted by Crippen LogP contribution is -2.13. The highest BCUT2D eigenvalue weighted by Gasteiger charge is 2.15. The molecule has 2 rings (SSSR count). The van der Waals surface area contributed by atoms with Gasteiger partial charge in [-0.1, -0.05) is 0 Å². The molecule has 0 amide bonds. The molecule has 1 N–H and O–H groups in total. The summed E-state index contributed by atoms with van der Waals surface area (Å²) in [6.45, 7) is 0. The van der Waals surface area contributed by atoms with Crippen LogP contribution < -0.4 is 9.46 Å². The van der Waals surface area contributed by atoms with Crippen LogP contribution in [0.2, 0.25) is 0 Å². The number of hydrogen-bond acceptors (Lipinski definition) is 3. The molecule has 0 aromatic heterocycles. The Bertz CT molecular complexity index is 695. The molecule has 0 unspecified atom stereocenters. The Hall–Kier alpha value is -2.15. The fourth-order valence-electron chi connectivity index (χ4n) is 1.58. The van der Waals surface area contributed by atoms with Crippen molar-refractivity contribution in [3.8, 4) is 5.75 Å². The van der Waals surface area contributed by atoms with Gasteiger partial charge >= 0.3 is 0 Å². The highest BCUT2D eigenvalue weighted by atomic mass is 32.2. The van der Waals surface area contributed by atoms with E-state index in [0.29, 0.717) is 11.8 Å². The summed E-state index contributed by atoms with van der Waals surface area (Å²) in [4.78, 5) is -0.0389. The molecule has 0 heterocycles. The first-order chi connectivity index (χ1) is 9.40. The number of rotatable bonds is 4. The van der Waals surface area contributed by atoms with Gasteiger partial charge in [-0.15, -0.1) is 0 Å². The topological polar surface area (TPSA) is 55.4 Å². The van der Waals surface area contributed by atoms with E-state index in [9.17, 15) is 17.2 Å². The summed E-state index contributed by atoms with van der Waals surface area (Å²) in [5.74, 6) is -1.23. The van der Waals surface area contributed by atoms with Crippen molar-refractivity contribution in [3.05, 3.63) is 54.1 Å². The molecule has 20 heavy (non-hydrogen) atoms. The molecule has 0 spiro atoms. The molecular formula is C13H11F2NO3S. The molecule has 2 aromatic carbocycles. The van der Waals surface area contributed by atoms with Gasteiger partial charge in [-0.3, -0.25) is 4.72 Å². The number of nitrogens with one attached hydrogen (secondary N) is 1. The zero-order valence-corrected chi connectivity index (χ0v) is 11.2. The van der Waals surface area contributed by atoms with Gasteiger partial charge in [0.15, 0.2) is 0 Å². The van der Waals surface area contributed by atoms with Crippen LogP contribution in [0.4, 0.5) is 14.5 Å². The van der Waals surface area contributed by atoms with Crippen molar-refractivity contribution in [1.29, 1.82) is 0 Å². The molecule has 0 aliphatic heterocycles. The predicted molar refractivity (Wildman–Crippen MR) is 70.2 cm³/mol. The fraction of sp³-hybridized carbons (Fsp3) is 0.0769. The van der Waals surface area contributed by atoms with E-state index in [0.717, 1.165) is 12.1 Å². The van der Waals surface area contributed by atoms with E-state index in [1.165, 1.54) is 31.4 Å². The summed E-state index contributed by atoms with van der Waals surface area (Å²) >= 11 is 0. The maximum Gasteiger partial charge on any atom is 0.261 e. The van der Waals surface area contributed by atoms with E-state index in [2.05, 4.69) is 4.72 Å². The lowest BCUT2D eigenvalue weighted by Gasteiger charge is -2.09. The molecule has 0 radical (unpaired) electrons. The van der Waals surface area contributed by atoms with E-state index in [4.69, 9.17) is 4.74 Å². The van der Waals surface area contributed by atoms with Gasteiger partial charge in [-0.25, -0.2) is 17.2 Å². The fourth-order valence-corrected chi connectivity index (χ4v) is 2.62. The number of halogens is 2. The number of methoxy groups -OCH3 is 1. The minimum absolute atomic E-state index is 0.0389. The van der Waals surface area contributed by atoms with E-state index in [1.54, 1.807) is 0 Å². The van der Waals surface area contributed by atoms with Crippen molar-refractivity contribution in [1.82, 2.24) is 0 Å². The van der Waals surface area contributed by atoms with Gasteiger partial charge in [0.2, 0.25) is 0 Å². The van der Waals surface area contributed by atoms with Gasteiger partial charge in [-0.2, -0.15) is 0 Å². The highest BCUT2D eigenvalue weighted by Crippen LogP contribution is 2.20. The van der Waals surface area contributed by atoms with Crippen LogP contribution in [-0.4, -0.2) is 15.5 Å². The van der Waals surface area contributed by atoms with Crippen molar-refractivity contribution in [2.75, 3.05) is 11.8 Å². The summed E-state index contributed by atoms with van der Waals surface area (Å²) in [5, 5.41) is 0. The van der Waals surface area contributed by atoms with E-state index in [-0.39, 0.29) is 10.6 Å². The molecule has 0 atom stereocenters. The van der Waals surface area contributed by atoms with Crippen LogP contribution in [0.5, 0.6) is 5.75 Å². The molecule has 0 fully saturated rings. The van der Waals surface area contributed by atoms with Gasteiger partial charge < -0.3 is 4.74 Å². The first-order valence-corrected chi connectivity index (χ1v) is 7.02. The Balaban J connectivity index is 2.30. The monoisotopic (exact) mass is 299 g/mol. The SMILES string of the molecule is COc1ccc(S(=O)(=O)Nc2cc(F)cc(F)c2)cc1. The third-order valence-electron chi connectivity index (χ3n) is 2.48. The van der Waals surface area contributed by atoms with Crippen LogP contribution >= 0.6 is 0 Å². The average molecular weight is 299 g/mol. The Kier molecular flexibility index (Phi) is 3.89. The Morgan fingerprint density at radius 3 is 2.05 bits per heavy atom. The lowest BCUT2D eigenvalue weighted by molar-refractivity contribution is 0.414. The normalized spacial score (nSPS) is 11.2. The maximum atomic E-state index is 13.0. The maximum absolute atomic E-state index is 13.0.